The normalized spacial score (nSPS) is 16.5. The highest BCUT2D eigenvalue weighted by atomic mass is 32.2. The number of rotatable bonds is 8. The molecule has 1 unspecified atom stereocenters. The second kappa shape index (κ2) is 10.0. The third-order valence-electron chi connectivity index (χ3n) is 5.78. The highest BCUT2D eigenvalue weighted by molar-refractivity contribution is 7.91. The molecule has 1 aliphatic rings. The molecule has 182 valence electrons. The molecule has 0 spiro atoms. The number of sulfonamides is 1. The molecule has 3 aromatic heterocycles. The number of pyridine rings is 1. The van der Waals surface area contributed by atoms with Crippen molar-refractivity contribution in [3.05, 3.63) is 65.8 Å². The number of aromatic nitrogens is 2. The molecular weight excluding hydrogens is 504 g/mol. The number of carbonyl (C=O) groups excluding carboxylic acids is 1. The van der Waals surface area contributed by atoms with E-state index in [1.807, 2.05) is 37.3 Å². The van der Waals surface area contributed by atoms with E-state index in [-0.39, 0.29) is 16.7 Å². The van der Waals surface area contributed by atoms with Crippen LogP contribution in [0.25, 0.3) is 10.2 Å². The van der Waals surface area contributed by atoms with Gasteiger partial charge in [-0.15, -0.1) is 11.3 Å². The first-order valence-corrected chi connectivity index (χ1v) is 14.4. The van der Waals surface area contributed by atoms with Gasteiger partial charge in [0.05, 0.1) is 17.9 Å². The van der Waals surface area contributed by atoms with Crippen molar-refractivity contribution in [1.82, 2.24) is 14.3 Å². The molecule has 0 N–H and O–H groups in total. The van der Waals surface area contributed by atoms with E-state index in [9.17, 15) is 13.2 Å². The van der Waals surface area contributed by atoms with Crippen LogP contribution < -0.4 is 9.64 Å². The number of hydrogen-bond donors (Lipinski definition) is 0. The molecular formula is C24H24N4O4S3. The number of anilines is 1. The van der Waals surface area contributed by atoms with Crippen molar-refractivity contribution in [3.63, 3.8) is 0 Å². The van der Waals surface area contributed by atoms with Gasteiger partial charge in [0, 0.05) is 18.9 Å². The number of carbonyl (C=O) groups is 1. The summed E-state index contributed by atoms with van der Waals surface area (Å²) in [7, 11) is -3.76. The van der Waals surface area contributed by atoms with Crippen LogP contribution in [0.2, 0.25) is 0 Å². The van der Waals surface area contributed by atoms with Gasteiger partial charge in [-0.2, -0.15) is 4.31 Å². The SMILES string of the molecule is CCOc1cccc2sc(N(Cc3cccnc3)C(=O)C3CCCN3S(=O)(=O)c3cccs3)nc12. The third kappa shape index (κ3) is 4.68. The predicted molar refractivity (Wildman–Crippen MR) is 137 cm³/mol. The van der Waals surface area contributed by atoms with Crippen LogP contribution in [0.5, 0.6) is 5.75 Å². The Hall–Kier alpha value is -2.86. The number of benzene rings is 1. The predicted octanol–water partition coefficient (Wildman–Crippen LogP) is 4.54. The van der Waals surface area contributed by atoms with Crippen molar-refractivity contribution in [2.75, 3.05) is 18.1 Å². The molecule has 8 nitrogen and oxygen atoms in total. The van der Waals surface area contributed by atoms with Crippen molar-refractivity contribution in [1.29, 1.82) is 0 Å². The van der Waals surface area contributed by atoms with Gasteiger partial charge in [-0.25, -0.2) is 13.4 Å². The van der Waals surface area contributed by atoms with Gasteiger partial charge in [0.1, 0.15) is 21.5 Å². The molecule has 0 bridgehead atoms. The number of hydrogen-bond acceptors (Lipinski definition) is 8. The van der Waals surface area contributed by atoms with Crippen LogP contribution in [-0.4, -0.2) is 47.8 Å². The quantitative estimate of drug-likeness (QED) is 0.333. The van der Waals surface area contributed by atoms with Crippen molar-refractivity contribution in [3.8, 4) is 5.75 Å². The second-order valence-electron chi connectivity index (χ2n) is 8.02. The summed E-state index contributed by atoms with van der Waals surface area (Å²) in [4.78, 5) is 24.5. The highest BCUT2D eigenvalue weighted by Gasteiger charge is 2.42. The van der Waals surface area contributed by atoms with Crippen LogP contribution in [0, 0.1) is 0 Å². The first-order valence-electron chi connectivity index (χ1n) is 11.3. The minimum atomic E-state index is -3.76. The number of thiazole rings is 1. The Morgan fingerprint density at radius 3 is 2.86 bits per heavy atom. The number of amides is 1. The monoisotopic (exact) mass is 528 g/mol. The van der Waals surface area contributed by atoms with Gasteiger partial charge in [0.25, 0.3) is 10.0 Å². The van der Waals surface area contributed by atoms with Crippen molar-refractivity contribution in [2.45, 2.75) is 36.6 Å². The van der Waals surface area contributed by atoms with Crippen LogP contribution in [-0.2, 0) is 21.4 Å². The van der Waals surface area contributed by atoms with E-state index in [1.165, 1.54) is 15.6 Å². The average Bonchev–Trinajstić information content (AvgIpc) is 3.64. The zero-order valence-corrected chi connectivity index (χ0v) is 21.5. The Kier molecular flexibility index (Phi) is 6.83. The van der Waals surface area contributed by atoms with Crippen LogP contribution in [0.1, 0.15) is 25.3 Å². The Bertz CT molecular complexity index is 1420. The molecule has 0 radical (unpaired) electrons. The van der Waals surface area contributed by atoms with Crippen molar-refractivity contribution >= 4 is 54.0 Å². The second-order valence-corrected chi connectivity index (χ2v) is 12.1. The van der Waals surface area contributed by atoms with Gasteiger partial charge < -0.3 is 4.74 Å². The molecule has 1 atom stereocenters. The van der Waals surface area contributed by atoms with Crippen molar-refractivity contribution < 1.29 is 17.9 Å². The summed E-state index contributed by atoms with van der Waals surface area (Å²) in [6, 6.07) is 11.9. The van der Waals surface area contributed by atoms with Crippen LogP contribution in [0.15, 0.2) is 64.4 Å². The Morgan fingerprint density at radius 1 is 1.23 bits per heavy atom. The molecule has 11 heteroatoms. The van der Waals surface area contributed by atoms with E-state index < -0.39 is 16.1 Å². The molecule has 1 saturated heterocycles. The number of nitrogens with zero attached hydrogens (tertiary/aromatic N) is 4. The Balaban J connectivity index is 1.54. The molecule has 0 aliphatic carbocycles. The lowest BCUT2D eigenvalue weighted by Gasteiger charge is -2.28. The van der Waals surface area contributed by atoms with E-state index in [0.29, 0.717) is 42.4 Å². The first kappa shape index (κ1) is 23.9. The summed E-state index contributed by atoms with van der Waals surface area (Å²) in [6.45, 7) is 2.96. The lowest BCUT2D eigenvalue weighted by atomic mass is 10.2. The van der Waals surface area contributed by atoms with Gasteiger partial charge in [-0.3, -0.25) is 14.7 Å². The Morgan fingerprint density at radius 2 is 2.11 bits per heavy atom. The number of para-hydroxylation sites is 1. The van der Waals surface area contributed by atoms with Gasteiger partial charge in [-0.1, -0.05) is 29.5 Å². The number of fused-ring (bicyclic) bond motifs is 1. The summed E-state index contributed by atoms with van der Waals surface area (Å²) in [5, 5.41) is 2.23. The number of thiophene rings is 1. The molecule has 1 aliphatic heterocycles. The molecule has 1 fully saturated rings. The minimum absolute atomic E-state index is 0.236. The topological polar surface area (TPSA) is 92.7 Å². The minimum Gasteiger partial charge on any atom is -0.492 e. The summed E-state index contributed by atoms with van der Waals surface area (Å²) in [6.07, 6.45) is 4.46. The maximum absolute atomic E-state index is 14.0. The zero-order chi connectivity index (χ0) is 24.4. The van der Waals surface area contributed by atoms with Crippen LogP contribution in [0.4, 0.5) is 5.13 Å². The summed E-state index contributed by atoms with van der Waals surface area (Å²) in [5.41, 5.74) is 1.52. The Labute approximate surface area is 211 Å². The summed E-state index contributed by atoms with van der Waals surface area (Å²) < 4.78 is 34.8. The molecule has 35 heavy (non-hydrogen) atoms. The summed E-state index contributed by atoms with van der Waals surface area (Å²) in [5.74, 6) is 0.368. The fourth-order valence-electron chi connectivity index (χ4n) is 4.19. The smallest absolute Gasteiger partial charge is 0.253 e. The highest BCUT2D eigenvalue weighted by Crippen LogP contribution is 2.37. The largest absolute Gasteiger partial charge is 0.492 e. The van der Waals surface area contributed by atoms with Gasteiger partial charge in [0.2, 0.25) is 5.91 Å². The van der Waals surface area contributed by atoms with E-state index in [0.717, 1.165) is 21.6 Å². The van der Waals surface area contributed by atoms with E-state index in [2.05, 4.69) is 4.98 Å². The fraction of sp³-hybridized carbons (Fsp3) is 0.292. The lowest BCUT2D eigenvalue weighted by Crippen LogP contribution is -2.47. The van der Waals surface area contributed by atoms with Gasteiger partial charge >= 0.3 is 0 Å². The van der Waals surface area contributed by atoms with Crippen LogP contribution >= 0.6 is 22.7 Å². The third-order valence-corrected chi connectivity index (χ3v) is 10.1. The maximum atomic E-state index is 14.0. The standard InChI is InChI=1S/C24H24N4O4S3/c1-2-32-19-9-3-10-20-22(19)26-24(34-20)27(16-17-7-4-12-25-15-17)23(29)18-8-5-13-28(18)35(30,31)21-11-6-14-33-21/h3-4,6-7,9-12,14-15,18H,2,5,8,13,16H2,1H3. The molecule has 1 amide bonds. The molecule has 1 aromatic carbocycles. The van der Waals surface area contributed by atoms with Crippen LogP contribution in [0.3, 0.4) is 0 Å². The summed E-state index contributed by atoms with van der Waals surface area (Å²) >= 11 is 2.55. The zero-order valence-electron chi connectivity index (χ0n) is 19.0. The molecule has 4 aromatic rings. The fourth-order valence-corrected chi connectivity index (χ4v) is 7.95. The van der Waals surface area contributed by atoms with E-state index >= 15 is 0 Å². The van der Waals surface area contributed by atoms with E-state index in [4.69, 9.17) is 9.72 Å². The number of ether oxygens (including phenoxy) is 1. The first-order chi connectivity index (χ1) is 17.0. The molecule has 0 saturated carbocycles. The average molecular weight is 529 g/mol. The van der Waals surface area contributed by atoms with Gasteiger partial charge in [-0.05, 0) is 55.0 Å². The molecule has 4 heterocycles. The van der Waals surface area contributed by atoms with E-state index in [1.54, 1.807) is 34.8 Å². The lowest BCUT2D eigenvalue weighted by molar-refractivity contribution is -0.121. The maximum Gasteiger partial charge on any atom is 0.253 e. The van der Waals surface area contributed by atoms with Gasteiger partial charge in [0.15, 0.2) is 5.13 Å². The molecule has 5 rings (SSSR count). The van der Waals surface area contributed by atoms with Crippen molar-refractivity contribution in [2.24, 2.45) is 0 Å².